The summed E-state index contributed by atoms with van der Waals surface area (Å²) in [5, 5.41) is 3.69. The molecule has 1 N–H and O–H groups in total. The lowest BCUT2D eigenvalue weighted by atomic mass is 10.0. The van der Waals surface area contributed by atoms with Crippen molar-refractivity contribution in [1.29, 1.82) is 0 Å². The van der Waals surface area contributed by atoms with Crippen molar-refractivity contribution in [2.24, 2.45) is 17.8 Å². The van der Waals surface area contributed by atoms with E-state index >= 15 is 0 Å². The molecule has 1 saturated carbocycles. The average molecular weight is 224 g/mol. The Kier molecular flexibility index (Phi) is 4.26. The van der Waals surface area contributed by atoms with Crippen molar-refractivity contribution in [2.75, 3.05) is 26.2 Å². The fourth-order valence-electron chi connectivity index (χ4n) is 2.90. The number of nitrogens with zero attached hydrogens (tertiary/aromatic N) is 1. The molecule has 0 aromatic heterocycles. The predicted octanol–water partition coefficient (Wildman–Crippen LogP) is 2.35. The third-order valence-corrected chi connectivity index (χ3v) is 4.38. The van der Waals surface area contributed by atoms with Crippen LogP contribution in [0, 0.1) is 17.8 Å². The summed E-state index contributed by atoms with van der Waals surface area (Å²) in [6, 6.07) is 0.752. The van der Waals surface area contributed by atoms with Crippen LogP contribution in [0.25, 0.3) is 0 Å². The summed E-state index contributed by atoms with van der Waals surface area (Å²) in [7, 11) is 0. The molecule has 0 radical (unpaired) electrons. The fraction of sp³-hybridized carbons (Fsp3) is 1.00. The Morgan fingerprint density at radius 3 is 2.69 bits per heavy atom. The summed E-state index contributed by atoms with van der Waals surface area (Å²) < 4.78 is 0. The van der Waals surface area contributed by atoms with Gasteiger partial charge in [0.15, 0.2) is 0 Å². The Labute approximate surface area is 101 Å². The van der Waals surface area contributed by atoms with Crippen LogP contribution in [0.4, 0.5) is 0 Å². The highest BCUT2D eigenvalue weighted by atomic mass is 15.1. The third-order valence-electron chi connectivity index (χ3n) is 4.38. The molecule has 2 heteroatoms. The maximum atomic E-state index is 3.69. The fourth-order valence-corrected chi connectivity index (χ4v) is 2.90. The van der Waals surface area contributed by atoms with Crippen LogP contribution in [0.15, 0.2) is 0 Å². The molecule has 1 aliphatic carbocycles. The van der Waals surface area contributed by atoms with Gasteiger partial charge in [-0.25, -0.2) is 0 Å². The summed E-state index contributed by atoms with van der Waals surface area (Å²) in [5.74, 6) is 2.82. The van der Waals surface area contributed by atoms with E-state index in [-0.39, 0.29) is 0 Å². The first-order valence-electron chi connectivity index (χ1n) is 7.14. The third kappa shape index (κ3) is 3.46. The van der Waals surface area contributed by atoms with Crippen molar-refractivity contribution in [3.63, 3.8) is 0 Å². The van der Waals surface area contributed by atoms with Crippen LogP contribution < -0.4 is 5.32 Å². The molecule has 0 bridgehead atoms. The monoisotopic (exact) mass is 224 g/mol. The van der Waals surface area contributed by atoms with Gasteiger partial charge in [0.05, 0.1) is 0 Å². The Morgan fingerprint density at radius 1 is 1.31 bits per heavy atom. The number of nitrogens with one attached hydrogen (secondary N) is 1. The summed E-state index contributed by atoms with van der Waals surface area (Å²) in [6.45, 7) is 12.3. The van der Waals surface area contributed by atoms with Crippen LogP contribution >= 0.6 is 0 Å². The topological polar surface area (TPSA) is 15.3 Å². The lowest BCUT2D eigenvalue weighted by Crippen LogP contribution is -2.44. The van der Waals surface area contributed by atoms with Gasteiger partial charge in [0.2, 0.25) is 0 Å². The predicted molar refractivity (Wildman–Crippen MR) is 69.6 cm³/mol. The molecule has 16 heavy (non-hydrogen) atoms. The Hall–Kier alpha value is -0.0800. The molecule has 2 aliphatic rings. The van der Waals surface area contributed by atoms with Crippen molar-refractivity contribution in [3.05, 3.63) is 0 Å². The van der Waals surface area contributed by atoms with Gasteiger partial charge in [0.25, 0.3) is 0 Å². The molecule has 4 unspecified atom stereocenters. The molecule has 94 valence electrons. The molecule has 0 amide bonds. The highest BCUT2D eigenvalue weighted by molar-refractivity contribution is 4.86. The van der Waals surface area contributed by atoms with E-state index in [0.29, 0.717) is 0 Å². The van der Waals surface area contributed by atoms with E-state index in [0.717, 1.165) is 23.8 Å². The normalized spacial score (nSPS) is 41.4. The van der Waals surface area contributed by atoms with Crippen LogP contribution in [0.5, 0.6) is 0 Å². The second-order valence-corrected chi connectivity index (χ2v) is 6.14. The maximum absolute atomic E-state index is 3.69. The largest absolute Gasteiger partial charge is 0.314 e. The van der Waals surface area contributed by atoms with Crippen molar-refractivity contribution >= 4 is 0 Å². The Bertz CT molecular complexity index is 215. The van der Waals surface area contributed by atoms with Gasteiger partial charge in [-0.3, -0.25) is 0 Å². The minimum atomic E-state index is 0.752. The van der Waals surface area contributed by atoms with E-state index in [4.69, 9.17) is 0 Å². The van der Waals surface area contributed by atoms with E-state index in [1.807, 2.05) is 0 Å². The molecular weight excluding hydrogens is 196 g/mol. The molecule has 1 heterocycles. The van der Waals surface area contributed by atoms with Crippen LogP contribution in [0.3, 0.4) is 0 Å². The van der Waals surface area contributed by atoms with Gasteiger partial charge >= 0.3 is 0 Å². The molecule has 1 aliphatic heterocycles. The molecule has 0 spiro atoms. The van der Waals surface area contributed by atoms with E-state index < -0.39 is 0 Å². The van der Waals surface area contributed by atoms with E-state index in [9.17, 15) is 0 Å². The first kappa shape index (κ1) is 12.4. The molecule has 2 fully saturated rings. The molecule has 1 saturated heterocycles. The second kappa shape index (κ2) is 5.50. The second-order valence-electron chi connectivity index (χ2n) is 6.14. The zero-order chi connectivity index (χ0) is 11.5. The standard InChI is InChI=1S/C14H28N2/c1-4-14-5-6-16(9-11(2)8-15-14)10-13-7-12(13)3/h11-15H,4-10H2,1-3H3. The highest BCUT2D eigenvalue weighted by Gasteiger charge is 2.34. The molecule has 2 rings (SSSR count). The lowest BCUT2D eigenvalue weighted by molar-refractivity contribution is 0.188. The quantitative estimate of drug-likeness (QED) is 0.791. The van der Waals surface area contributed by atoms with Gasteiger partial charge in [-0.1, -0.05) is 20.8 Å². The van der Waals surface area contributed by atoms with Crippen LogP contribution in [-0.2, 0) is 0 Å². The van der Waals surface area contributed by atoms with Gasteiger partial charge < -0.3 is 10.2 Å². The van der Waals surface area contributed by atoms with Gasteiger partial charge in [0.1, 0.15) is 0 Å². The first-order chi connectivity index (χ1) is 7.69. The SMILES string of the molecule is CCC1CCN(CC2CC2C)CC(C)CN1. The summed E-state index contributed by atoms with van der Waals surface area (Å²) in [6.07, 6.45) is 4.09. The average Bonchev–Trinajstić information content (AvgIpc) is 2.91. The lowest BCUT2D eigenvalue weighted by Gasteiger charge is -2.32. The van der Waals surface area contributed by atoms with Crippen molar-refractivity contribution in [2.45, 2.75) is 46.1 Å². The van der Waals surface area contributed by atoms with E-state index in [1.165, 1.54) is 45.4 Å². The van der Waals surface area contributed by atoms with Crippen molar-refractivity contribution in [1.82, 2.24) is 10.2 Å². The maximum Gasteiger partial charge on any atom is 0.00767 e. The van der Waals surface area contributed by atoms with E-state index in [1.54, 1.807) is 0 Å². The summed E-state index contributed by atoms with van der Waals surface area (Å²) >= 11 is 0. The number of hydrogen-bond acceptors (Lipinski definition) is 2. The van der Waals surface area contributed by atoms with Crippen molar-refractivity contribution in [3.8, 4) is 0 Å². The molecule has 0 aromatic rings. The van der Waals surface area contributed by atoms with Gasteiger partial charge in [-0.05, 0) is 50.1 Å². The highest BCUT2D eigenvalue weighted by Crippen LogP contribution is 2.38. The Morgan fingerprint density at radius 2 is 2.06 bits per heavy atom. The molecular formula is C14H28N2. The zero-order valence-corrected chi connectivity index (χ0v) is 11.2. The number of hydrogen-bond donors (Lipinski definition) is 1. The van der Waals surface area contributed by atoms with Gasteiger partial charge in [-0.15, -0.1) is 0 Å². The minimum Gasteiger partial charge on any atom is -0.314 e. The molecule has 2 nitrogen and oxygen atoms in total. The number of rotatable bonds is 3. The van der Waals surface area contributed by atoms with Crippen molar-refractivity contribution < 1.29 is 0 Å². The van der Waals surface area contributed by atoms with Gasteiger partial charge in [-0.2, -0.15) is 0 Å². The molecule has 4 atom stereocenters. The smallest absolute Gasteiger partial charge is 0.00767 e. The minimum absolute atomic E-state index is 0.752. The summed E-state index contributed by atoms with van der Waals surface area (Å²) in [5.41, 5.74) is 0. The Balaban J connectivity index is 1.81. The van der Waals surface area contributed by atoms with Gasteiger partial charge in [0, 0.05) is 19.1 Å². The zero-order valence-electron chi connectivity index (χ0n) is 11.2. The summed E-state index contributed by atoms with van der Waals surface area (Å²) in [4.78, 5) is 2.72. The first-order valence-corrected chi connectivity index (χ1v) is 7.14. The molecule has 0 aromatic carbocycles. The van der Waals surface area contributed by atoms with Crippen LogP contribution in [0.1, 0.15) is 40.0 Å². The van der Waals surface area contributed by atoms with E-state index in [2.05, 4.69) is 31.0 Å². The van der Waals surface area contributed by atoms with Crippen LogP contribution in [-0.4, -0.2) is 37.1 Å². The van der Waals surface area contributed by atoms with Crippen LogP contribution in [0.2, 0.25) is 0 Å².